The molecule has 0 radical (unpaired) electrons. The lowest BCUT2D eigenvalue weighted by molar-refractivity contribution is -0.129. The number of oxazole rings is 1. The van der Waals surface area contributed by atoms with Crippen LogP contribution in [0, 0.1) is 17.3 Å². The zero-order chi connectivity index (χ0) is 20.5. The summed E-state index contributed by atoms with van der Waals surface area (Å²) in [6, 6.07) is 12.9. The van der Waals surface area contributed by atoms with Gasteiger partial charge < -0.3 is 9.73 Å². The largest absolute Gasteiger partial charge is 0.423 e. The third kappa shape index (κ3) is 2.71. The van der Waals surface area contributed by atoms with Gasteiger partial charge in [-0.05, 0) is 91.3 Å². The van der Waals surface area contributed by atoms with Gasteiger partial charge in [-0.2, -0.15) is 4.98 Å². The summed E-state index contributed by atoms with van der Waals surface area (Å²) in [6.45, 7) is 2.24. The molecule has 154 valence electrons. The molecule has 6 rings (SSSR count). The number of aryl methyl sites for hydroxylation is 1. The first kappa shape index (κ1) is 18.6. The number of fused-ring (bicyclic) bond motifs is 7. The highest BCUT2D eigenvalue weighted by Crippen LogP contribution is 2.59. The lowest BCUT2D eigenvalue weighted by Crippen LogP contribution is -2.42. The Labute approximate surface area is 184 Å². The first-order valence-electron chi connectivity index (χ1n) is 11.0. The molecule has 1 N–H and O–H groups in total. The van der Waals surface area contributed by atoms with Crippen molar-refractivity contribution in [1.29, 1.82) is 0 Å². The number of rotatable bonds is 2. The summed E-state index contributed by atoms with van der Waals surface area (Å²) < 4.78 is 7.07. The molecule has 0 unspecified atom stereocenters. The summed E-state index contributed by atoms with van der Waals surface area (Å²) in [4.78, 5) is 17.4. The van der Waals surface area contributed by atoms with E-state index < -0.39 is 0 Å². The molecule has 0 bridgehead atoms. The molecule has 0 spiro atoms. The lowest BCUT2D eigenvalue weighted by atomic mass is 9.55. The molecule has 2 saturated carbocycles. The van der Waals surface area contributed by atoms with Crippen molar-refractivity contribution in [2.45, 2.75) is 51.4 Å². The number of aromatic nitrogens is 1. The Bertz CT molecular complexity index is 1150. The lowest BCUT2D eigenvalue weighted by Gasteiger charge is -2.48. The summed E-state index contributed by atoms with van der Waals surface area (Å²) in [5.41, 5.74) is 5.54. The van der Waals surface area contributed by atoms with Gasteiger partial charge in [0.15, 0.2) is 5.58 Å². The maximum absolute atomic E-state index is 12.6. The van der Waals surface area contributed by atoms with E-state index in [4.69, 9.17) is 9.40 Å². The molecule has 2 aromatic carbocycles. The first-order chi connectivity index (χ1) is 14.5. The van der Waals surface area contributed by atoms with Crippen LogP contribution in [0.3, 0.4) is 0 Å². The smallest absolute Gasteiger partial charge is 0.300 e. The second-order valence-electron chi connectivity index (χ2n) is 9.46. The van der Waals surface area contributed by atoms with E-state index in [0.717, 1.165) is 59.8 Å². The Kier molecular flexibility index (Phi) is 4.14. The van der Waals surface area contributed by atoms with Gasteiger partial charge in [0.25, 0.3) is 6.01 Å². The van der Waals surface area contributed by atoms with Crippen LogP contribution in [0.5, 0.6) is 0 Å². The molecular formula is C25H25BrN2O2. The number of carbonyl (C=O) groups excluding carboxylic acids is 1. The maximum atomic E-state index is 12.6. The SMILES string of the molecule is C[C@]12CC[C@@H]3c4ccc5oc(Nc6ccc(Br)cc6)nc5c4CC[C@H]3[C@@H]1CCC2=O. The standard InChI is InChI=1S/C25H25BrN2O2/c1-25-13-12-17-16-8-10-21-23(19(16)7-6-18(17)20(25)9-11-22(25)29)28-24(30-21)27-15-4-2-14(26)3-5-15/h2-5,8,10,17-18,20H,6-7,9,11-13H2,1H3,(H,27,28)/t17-,18-,20+,25+/m1/s1. The Balaban J connectivity index is 1.34. The highest BCUT2D eigenvalue weighted by atomic mass is 79.9. The van der Waals surface area contributed by atoms with Gasteiger partial charge in [-0.15, -0.1) is 0 Å². The third-order valence-corrected chi connectivity index (χ3v) is 8.60. The molecule has 1 heterocycles. The van der Waals surface area contributed by atoms with Crippen molar-refractivity contribution in [3.63, 3.8) is 0 Å². The minimum absolute atomic E-state index is 0.0710. The summed E-state index contributed by atoms with van der Waals surface area (Å²) in [5, 5.41) is 3.29. The second-order valence-corrected chi connectivity index (χ2v) is 10.4. The molecule has 2 fully saturated rings. The summed E-state index contributed by atoms with van der Waals surface area (Å²) in [7, 11) is 0. The first-order valence-corrected chi connectivity index (χ1v) is 11.8. The molecular weight excluding hydrogens is 440 g/mol. The Morgan fingerprint density at radius 1 is 1.10 bits per heavy atom. The summed E-state index contributed by atoms with van der Waals surface area (Å²) >= 11 is 3.47. The maximum Gasteiger partial charge on any atom is 0.300 e. The average Bonchev–Trinajstić information content (AvgIpc) is 3.29. The second kappa shape index (κ2) is 6.68. The van der Waals surface area contributed by atoms with Crippen LogP contribution < -0.4 is 5.32 Å². The predicted molar refractivity (Wildman–Crippen MR) is 121 cm³/mol. The molecule has 4 nitrogen and oxygen atoms in total. The van der Waals surface area contributed by atoms with Crippen LogP contribution in [0.2, 0.25) is 0 Å². The fourth-order valence-electron chi connectivity index (χ4n) is 6.54. The van der Waals surface area contributed by atoms with Crippen LogP contribution in [0.1, 0.15) is 56.1 Å². The number of hydrogen-bond donors (Lipinski definition) is 1. The van der Waals surface area contributed by atoms with E-state index in [1.54, 1.807) is 0 Å². The van der Waals surface area contributed by atoms with Crippen molar-refractivity contribution >= 4 is 44.5 Å². The zero-order valence-corrected chi connectivity index (χ0v) is 18.7. The molecule has 0 amide bonds. The minimum Gasteiger partial charge on any atom is -0.423 e. The van der Waals surface area contributed by atoms with E-state index in [1.807, 2.05) is 24.3 Å². The number of ketones is 1. The van der Waals surface area contributed by atoms with Gasteiger partial charge in [-0.3, -0.25) is 4.79 Å². The number of benzene rings is 2. The number of nitrogens with one attached hydrogen (secondary N) is 1. The third-order valence-electron chi connectivity index (χ3n) is 8.07. The minimum atomic E-state index is -0.0710. The molecule has 4 atom stereocenters. The molecule has 0 aliphatic heterocycles. The van der Waals surface area contributed by atoms with Crippen molar-refractivity contribution in [1.82, 2.24) is 4.98 Å². The zero-order valence-electron chi connectivity index (χ0n) is 17.1. The number of hydrogen-bond acceptors (Lipinski definition) is 4. The van der Waals surface area contributed by atoms with E-state index >= 15 is 0 Å². The van der Waals surface area contributed by atoms with Crippen LogP contribution in [-0.4, -0.2) is 10.8 Å². The highest BCUT2D eigenvalue weighted by molar-refractivity contribution is 9.10. The molecule has 0 saturated heterocycles. The normalized spacial score (nSPS) is 30.1. The van der Waals surface area contributed by atoms with Crippen LogP contribution >= 0.6 is 15.9 Å². The molecule has 3 aliphatic rings. The Morgan fingerprint density at radius 3 is 2.77 bits per heavy atom. The summed E-state index contributed by atoms with van der Waals surface area (Å²) in [5.74, 6) is 2.25. The van der Waals surface area contributed by atoms with Crippen molar-refractivity contribution in [2.75, 3.05) is 5.32 Å². The fourth-order valence-corrected chi connectivity index (χ4v) is 6.81. The van der Waals surface area contributed by atoms with Crippen LogP contribution in [0.25, 0.3) is 11.1 Å². The molecule has 30 heavy (non-hydrogen) atoms. The number of carbonyl (C=O) groups is 1. The van der Waals surface area contributed by atoms with Crippen LogP contribution in [0.15, 0.2) is 45.3 Å². The molecule has 3 aromatic rings. The van der Waals surface area contributed by atoms with Gasteiger partial charge in [0.05, 0.1) is 0 Å². The van der Waals surface area contributed by atoms with Crippen molar-refractivity contribution in [3.8, 4) is 0 Å². The van der Waals surface area contributed by atoms with Gasteiger partial charge in [-0.1, -0.05) is 28.9 Å². The quantitative estimate of drug-likeness (QED) is 0.454. The molecule has 3 aliphatic carbocycles. The van der Waals surface area contributed by atoms with Gasteiger partial charge in [0.2, 0.25) is 0 Å². The van der Waals surface area contributed by atoms with Gasteiger partial charge in [0, 0.05) is 22.0 Å². The number of Topliss-reactive ketones (excluding diaryl/α,β-unsaturated/α-hetero) is 1. The van der Waals surface area contributed by atoms with Gasteiger partial charge >= 0.3 is 0 Å². The molecule has 5 heteroatoms. The monoisotopic (exact) mass is 464 g/mol. The van der Waals surface area contributed by atoms with Crippen LogP contribution in [-0.2, 0) is 11.2 Å². The van der Waals surface area contributed by atoms with E-state index in [-0.39, 0.29) is 5.41 Å². The van der Waals surface area contributed by atoms with E-state index in [2.05, 4.69) is 40.3 Å². The van der Waals surface area contributed by atoms with Crippen molar-refractivity contribution < 1.29 is 9.21 Å². The number of nitrogens with zero attached hydrogens (tertiary/aromatic N) is 1. The number of anilines is 2. The van der Waals surface area contributed by atoms with Crippen molar-refractivity contribution in [2.24, 2.45) is 17.3 Å². The Morgan fingerprint density at radius 2 is 1.93 bits per heavy atom. The van der Waals surface area contributed by atoms with Crippen LogP contribution in [0.4, 0.5) is 11.7 Å². The number of halogens is 1. The average molecular weight is 465 g/mol. The highest BCUT2D eigenvalue weighted by Gasteiger charge is 2.54. The summed E-state index contributed by atoms with van der Waals surface area (Å²) in [6.07, 6.45) is 6.20. The van der Waals surface area contributed by atoms with E-state index in [1.165, 1.54) is 11.1 Å². The van der Waals surface area contributed by atoms with Gasteiger partial charge in [-0.25, -0.2) is 0 Å². The molecule has 1 aromatic heterocycles. The van der Waals surface area contributed by atoms with Crippen molar-refractivity contribution in [3.05, 3.63) is 52.0 Å². The Hall–Kier alpha value is -2.14. The van der Waals surface area contributed by atoms with Gasteiger partial charge in [0.1, 0.15) is 11.3 Å². The predicted octanol–water partition coefficient (Wildman–Crippen LogP) is 6.76. The van der Waals surface area contributed by atoms with E-state index in [9.17, 15) is 4.79 Å². The topological polar surface area (TPSA) is 55.1 Å². The van der Waals surface area contributed by atoms with E-state index in [0.29, 0.717) is 29.6 Å². The fraction of sp³-hybridized carbons (Fsp3) is 0.440.